The SMILES string of the molecule is Cc1cnc(N2CCNC[C@H]2C(=O)O)nc1Cl. The molecule has 7 heteroatoms. The second kappa shape index (κ2) is 4.85. The van der Waals surface area contributed by atoms with Crippen LogP contribution in [0.5, 0.6) is 0 Å². The van der Waals surface area contributed by atoms with E-state index in [2.05, 4.69) is 15.3 Å². The summed E-state index contributed by atoms with van der Waals surface area (Å²) in [4.78, 5) is 21.0. The van der Waals surface area contributed by atoms with E-state index in [1.54, 1.807) is 18.0 Å². The fourth-order valence-electron chi connectivity index (χ4n) is 1.72. The second-order valence-corrected chi connectivity index (χ2v) is 4.25. The van der Waals surface area contributed by atoms with Gasteiger partial charge in [0.1, 0.15) is 11.2 Å². The van der Waals surface area contributed by atoms with Crippen molar-refractivity contribution in [3.63, 3.8) is 0 Å². The number of nitrogens with zero attached hydrogens (tertiary/aromatic N) is 3. The van der Waals surface area contributed by atoms with Crippen molar-refractivity contribution >= 4 is 23.5 Å². The molecule has 0 saturated carbocycles. The Hall–Kier alpha value is -1.40. The molecule has 1 fully saturated rings. The largest absolute Gasteiger partial charge is 0.480 e. The third-order valence-electron chi connectivity index (χ3n) is 2.68. The average molecular weight is 257 g/mol. The number of piperazine rings is 1. The molecule has 1 aliphatic rings. The third-order valence-corrected chi connectivity index (χ3v) is 3.07. The molecule has 0 bridgehead atoms. The lowest BCUT2D eigenvalue weighted by Crippen LogP contribution is -2.55. The van der Waals surface area contributed by atoms with Crippen LogP contribution in [0, 0.1) is 6.92 Å². The van der Waals surface area contributed by atoms with Crippen LogP contribution in [-0.4, -0.2) is 46.7 Å². The van der Waals surface area contributed by atoms with E-state index in [4.69, 9.17) is 16.7 Å². The Labute approximate surface area is 104 Å². The number of carbonyl (C=O) groups is 1. The molecule has 1 aromatic rings. The Bertz CT molecular complexity index is 440. The Kier molecular flexibility index (Phi) is 3.44. The summed E-state index contributed by atoms with van der Waals surface area (Å²) in [7, 11) is 0. The van der Waals surface area contributed by atoms with Crippen LogP contribution in [0.1, 0.15) is 5.56 Å². The van der Waals surface area contributed by atoms with Crippen LogP contribution in [0.15, 0.2) is 6.20 Å². The van der Waals surface area contributed by atoms with Gasteiger partial charge in [-0.05, 0) is 6.92 Å². The molecular formula is C10H13ClN4O2. The van der Waals surface area contributed by atoms with Gasteiger partial charge in [0.05, 0.1) is 0 Å². The zero-order valence-corrected chi connectivity index (χ0v) is 10.1. The number of hydrogen-bond donors (Lipinski definition) is 2. The summed E-state index contributed by atoms with van der Waals surface area (Å²) in [5.74, 6) is -0.521. The van der Waals surface area contributed by atoms with E-state index in [1.165, 1.54) is 0 Å². The average Bonchev–Trinajstić information content (AvgIpc) is 2.32. The predicted molar refractivity (Wildman–Crippen MR) is 63.4 cm³/mol. The van der Waals surface area contributed by atoms with Crippen LogP contribution >= 0.6 is 11.6 Å². The maximum Gasteiger partial charge on any atom is 0.327 e. The molecule has 0 aliphatic carbocycles. The molecule has 0 amide bonds. The lowest BCUT2D eigenvalue weighted by molar-refractivity contribution is -0.138. The molecule has 17 heavy (non-hydrogen) atoms. The molecule has 2 N–H and O–H groups in total. The van der Waals surface area contributed by atoms with E-state index in [1.807, 2.05) is 0 Å². The summed E-state index contributed by atoms with van der Waals surface area (Å²) in [5, 5.41) is 12.5. The summed E-state index contributed by atoms with van der Waals surface area (Å²) in [6, 6.07) is -0.650. The summed E-state index contributed by atoms with van der Waals surface area (Å²) in [6.45, 7) is 3.44. The molecule has 0 radical (unpaired) electrons. The fraction of sp³-hybridized carbons (Fsp3) is 0.500. The second-order valence-electron chi connectivity index (χ2n) is 3.90. The number of carboxylic acid groups (broad SMARTS) is 1. The summed E-state index contributed by atoms with van der Waals surface area (Å²) >= 11 is 5.92. The highest BCUT2D eigenvalue weighted by molar-refractivity contribution is 6.30. The van der Waals surface area contributed by atoms with Crippen molar-refractivity contribution in [2.24, 2.45) is 0 Å². The minimum atomic E-state index is -0.891. The molecule has 2 heterocycles. The number of aliphatic carboxylic acids is 1. The maximum atomic E-state index is 11.1. The van der Waals surface area contributed by atoms with Gasteiger partial charge < -0.3 is 15.3 Å². The topological polar surface area (TPSA) is 78.4 Å². The quantitative estimate of drug-likeness (QED) is 0.741. The van der Waals surface area contributed by atoms with E-state index >= 15 is 0 Å². The first kappa shape index (κ1) is 12.1. The molecule has 2 rings (SSSR count). The van der Waals surface area contributed by atoms with Gasteiger partial charge in [-0.1, -0.05) is 11.6 Å². The Morgan fingerprint density at radius 3 is 3.12 bits per heavy atom. The lowest BCUT2D eigenvalue weighted by atomic mass is 10.2. The number of carboxylic acids is 1. The van der Waals surface area contributed by atoms with Crippen molar-refractivity contribution in [2.75, 3.05) is 24.5 Å². The first-order valence-electron chi connectivity index (χ1n) is 5.29. The van der Waals surface area contributed by atoms with E-state index in [9.17, 15) is 4.79 Å². The van der Waals surface area contributed by atoms with E-state index in [0.717, 1.165) is 5.56 Å². The Balaban J connectivity index is 2.29. The number of halogens is 1. The molecule has 0 aromatic carbocycles. The first-order valence-corrected chi connectivity index (χ1v) is 5.66. The van der Waals surface area contributed by atoms with Gasteiger partial charge >= 0.3 is 5.97 Å². The number of aryl methyl sites for hydroxylation is 1. The van der Waals surface area contributed by atoms with Gasteiger partial charge in [0.25, 0.3) is 0 Å². The van der Waals surface area contributed by atoms with Gasteiger partial charge in [-0.3, -0.25) is 0 Å². The maximum absolute atomic E-state index is 11.1. The van der Waals surface area contributed by atoms with Gasteiger partial charge in [0, 0.05) is 31.4 Å². The normalized spacial score (nSPS) is 20.4. The van der Waals surface area contributed by atoms with E-state index in [-0.39, 0.29) is 0 Å². The molecule has 1 saturated heterocycles. The van der Waals surface area contributed by atoms with Gasteiger partial charge in [-0.25, -0.2) is 14.8 Å². The monoisotopic (exact) mass is 256 g/mol. The molecular weight excluding hydrogens is 244 g/mol. The highest BCUT2D eigenvalue weighted by Crippen LogP contribution is 2.18. The van der Waals surface area contributed by atoms with Crippen molar-refractivity contribution < 1.29 is 9.90 Å². The summed E-state index contributed by atoms with van der Waals surface area (Å²) < 4.78 is 0. The zero-order chi connectivity index (χ0) is 12.4. The molecule has 1 aromatic heterocycles. The lowest BCUT2D eigenvalue weighted by Gasteiger charge is -2.33. The number of nitrogens with one attached hydrogen (secondary N) is 1. The summed E-state index contributed by atoms with van der Waals surface area (Å²) in [6.07, 6.45) is 1.60. The molecule has 92 valence electrons. The Morgan fingerprint density at radius 1 is 1.71 bits per heavy atom. The Morgan fingerprint density at radius 2 is 2.47 bits per heavy atom. The molecule has 0 spiro atoms. The smallest absolute Gasteiger partial charge is 0.327 e. The van der Waals surface area contributed by atoms with Gasteiger partial charge in [-0.2, -0.15) is 0 Å². The minimum absolute atomic E-state index is 0.359. The van der Waals surface area contributed by atoms with Crippen molar-refractivity contribution in [2.45, 2.75) is 13.0 Å². The molecule has 6 nitrogen and oxygen atoms in total. The highest BCUT2D eigenvalue weighted by Gasteiger charge is 2.30. The number of hydrogen-bond acceptors (Lipinski definition) is 5. The van der Waals surface area contributed by atoms with Crippen LogP contribution in [0.3, 0.4) is 0 Å². The van der Waals surface area contributed by atoms with Gasteiger partial charge in [0.2, 0.25) is 5.95 Å². The molecule has 1 atom stereocenters. The van der Waals surface area contributed by atoms with Crippen LogP contribution in [0.2, 0.25) is 5.15 Å². The summed E-state index contributed by atoms with van der Waals surface area (Å²) in [5.41, 5.74) is 0.775. The zero-order valence-electron chi connectivity index (χ0n) is 9.35. The number of rotatable bonds is 2. The molecule has 1 aliphatic heterocycles. The van der Waals surface area contributed by atoms with Gasteiger partial charge in [-0.15, -0.1) is 0 Å². The van der Waals surface area contributed by atoms with Crippen molar-refractivity contribution in [1.82, 2.24) is 15.3 Å². The van der Waals surface area contributed by atoms with Crippen LogP contribution in [0.4, 0.5) is 5.95 Å². The van der Waals surface area contributed by atoms with Crippen molar-refractivity contribution in [3.8, 4) is 0 Å². The molecule has 0 unspecified atom stereocenters. The minimum Gasteiger partial charge on any atom is -0.480 e. The van der Waals surface area contributed by atoms with Crippen molar-refractivity contribution in [3.05, 3.63) is 16.9 Å². The number of aromatic nitrogens is 2. The van der Waals surface area contributed by atoms with Gasteiger partial charge in [0.15, 0.2) is 0 Å². The standard InChI is InChI=1S/C10H13ClN4O2/c1-6-4-13-10(14-8(6)11)15-3-2-12-5-7(15)9(16)17/h4,7,12H,2-3,5H2,1H3,(H,16,17)/t7-/m0/s1. The predicted octanol–water partition coefficient (Wildman–Crippen LogP) is 0.301. The van der Waals surface area contributed by atoms with E-state index in [0.29, 0.717) is 30.7 Å². The first-order chi connectivity index (χ1) is 8.09. The third kappa shape index (κ3) is 2.48. The fourth-order valence-corrected chi connectivity index (χ4v) is 1.84. The van der Waals surface area contributed by atoms with E-state index < -0.39 is 12.0 Å². The van der Waals surface area contributed by atoms with Crippen LogP contribution in [0.25, 0.3) is 0 Å². The van der Waals surface area contributed by atoms with Crippen LogP contribution in [-0.2, 0) is 4.79 Å². The highest BCUT2D eigenvalue weighted by atomic mass is 35.5. The number of anilines is 1. The van der Waals surface area contributed by atoms with Crippen LogP contribution < -0.4 is 10.2 Å². The van der Waals surface area contributed by atoms with Crippen molar-refractivity contribution in [1.29, 1.82) is 0 Å².